The second-order valence-corrected chi connectivity index (χ2v) is 5.99. The van der Waals surface area contributed by atoms with Gasteiger partial charge in [0.1, 0.15) is 5.01 Å². The van der Waals surface area contributed by atoms with Gasteiger partial charge < -0.3 is 10.2 Å². The molecule has 0 spiro atoms. The minimum absolute atomic E-state index is 0.333. The molecule has 3 rings (SSSR count). The zero-order valence-electron chi connectivity index (χ0n) is 11.6. The van der Waals surface area contributed by atoms with Gasteiger partial charge in [-0.15, -0.1) is 11.3 Å². The Morgan fingerprint density at radius 1 is 1.20 bits per heavy atom. The van der Waals surface area contributed by atoms with Crippen molar-refractivity contribution in [1.29, 1.82) is 0 Å². The van der Waals surface area contributed by atoms with Crippen LogP contribution in [0.4, 0.5) is 5.95 Å². The highest BCUT2D eigenvalue weighted by atomic mass is 32.1. The summed E-state index contributed by atoms with van der Waals surface area (Å²) in [5.74, 6) is 0.846. The van der Waals surface area contributed by atoms with E-state index in [1.54, 1.807) is 23.7 Å². The highest BCUT2D eigenvalue weighted by molar-refractivity contribution is 7.09. The molecule has 1 saturated heterocycles. The summed E-state index contributed by atoms with van der Waals surface area (Å²) in [5, 5.41) is 6.87. The summed E-state index contributed by atoms with van der Waals surface area (Å²) < 4.78 is 0. The van der Waals surface area contributed by atoms with Crippen molar-refractivity contribution in [2.45, 2.75) is 31.8 Å². The third-order valence-corrected chi connectivity index (χ3v) is 4.60. The molecule has 1 N–H and O–H groups in total. The molecule has 1 unspecified atom stereocenters. The Hall–Kier alpha value is -1.53. The van der Waals surface area contributed by atoms with Gasteiger partial charge in [-0.2, -0.15) is 0 Å². The fraction of sp³-hybridized carbons (Fsp3) is 0.500. The number of thiazole rings is 1. The summed E-state index contributed by atoms with van der Waals surface area (Å²) in [7, 11) is 0. The summed E-state index contributed by atoms with van der Waals surface area (Å²) in [6.45, 7) is 4.20. The van der Waals surface area contributed by atoms with Crippen LogP contribution in [0.5, 0.6) is 0 Å². The number of hydrogen-bond acceptors (Lipinski definition) is 6. The van der Waals surface area contributed by atoms with Crippen LogP contribution in [0.25, 0.3) is 0 Å². The van der Waals surface area contributed by atoms with Crippen LogP contribution in [-0.4, -0.2) is 34.1 Å². The molecule has 0 aromatic carbocycles. The van der Waals surface area contributed by atoms with Crippen molar-refractivity contribution in [3.8, 4) is 0 Å². The predicted molar refractivity (Wildman–Crippen MR) is 80.9 cm³/mol. The average molecular weight is 289 g/mol. The van der Waals surface area contributed by atoms with E-state index in [4.69, 9.17) is 0 Å². The van der Waals surface area contributed by atoms with Crippen LogP contribution in [0, 0.1) is 0 Å². The highest BCUT2D eigenvalue weighted by Gasteiger charge is 2.22. The van der Waals surface area contributed by atoms with Crippen molar-refractivity contribution in [1.82, 2.24) is 20.3 Å². The van der Waals surface area contributed by atoms with E-state index in [9.17, 15) is 0 Å². The van der Waals surface area contributed by atoms with E-state index >= 15 is 0 Å². The van der Waals surface area contributed by atoms with E-state index in [1.807, 2.05) is 17.6 Å². The normalized spacial score (nSPS) is 18.1. The van der Waals surface area contributed by atoms with Crippen LogP contribution >= 0.6 is 11.3 Å². The van der Waals surface area contributed by atoms with Gasteiger partial charge in [0.15, 0.2) is 0 Å². The Labute approximate surface area is 123 Å². The fourth-order valence-corrected chi connectivity index (χ4v) is 3.23. The summed E-state index contributed by atoms with van der Waals surface area (Å²) in [6, 6.07) is 2.74. The Morgan fingerprint density at radius 2 is 1.95 bits per heavy atom. The number of aromatic nitrogens is 3. The van der Waals surface area contributed by atoms with Crippen LogP contribution in [0.3, 0.4) is 0 Å². The van der Waals surface area contributed by atoms with E-state index in [1.165, 1.54) is 5.01 Å². The number of hydrogen-bond donors (Lipinski definition) is 1. The summed E-state index contributed by atoms with van der Waals surface area (Å²) in [5.41, 5.74) is 0. The van der Waals surface area contributed by atoms with Crippen molar-refractivity contribution >= 4 is 17.3 Å². The minimum Gasteiger partial charge on any atom is -0.341 e. The summed E-state index contributed by atoms with van der Waals surface area (Å²) in [6.07, 6.45) is 7.71. The molecule has 5 nitrogen and oxygen atoms in total. The first-order valence-electron chi connectivity index (χ1n) is 7.00. The van der Waals surface area contributed by atoms with Gasteiger partial charge in [-0.3, -0.25) is 0 Å². The second-order valence-electron chi connectivity index (χ2n) is 5.07. The predicted octanol–water partition coefficient (Wildman–Crippen LogP) is 2.25. The van der Waals surface area contributed by atoms with E-state index in [-0.39, 0.29) is 0 Å². The number of nitrogens with zero attached hydrogens (tertiary/aromatic N) is 4. The maximum absolute atomic E-state index is 4.37. The molecule has 106 valence electrons. The molecule has 3 heterocycles. The van der Waals surface area contributed by atoms with Crippen LogP contribution in [0.15, 0.2) is 30.0 Å². The van der Waals surface area contributed by atoms with Gasteiger partial charge >= 0.3 is 0 Å². The Kier molecular flexibility index (Phi) is 4.22. The quantitative estimate of drug-likeness (QED) is 0.935. The topological polar surface area (TPSA) is 53.9 Å². The maximum Gasteiger partial charge on any atom is 0.225 e. The lowest BCUT2D eigenvalue weighted by Gasteiger charge is -2.33. The highest BCUT2D eigenvalue weighted by Crippen LogP contribution is 2.20. The third kappa shape index (κ3) is 3.13. The lowest BCUT2D eigenvalue weighted by molar-refractivity contribution is 0.378. The standard InChI is InChI=1S/C14H19N5S/c1-11(13-15-7-10-20-13)18-12-3-8-19(9-4-12)14-16-5-2-6-17-14/h2,5-7,10-12,18H,3-4,8-9H2,1H3. The van der Waals surface area contributed by atoms with Gasteiger partial charge in [0, 0.05) is 43.1 Å². The molecule has 1 aliphatic rings. The lowest BCUT2D eigenvalue weighted by Crippen LogP contribution is -2.43. The van der Waals surface area contributed by atoms with Crippen molar-refractivity contribution in [2.24, 2.45) is 0 Å². The zero-order valence-corrected chi connectivity index (χ0v) is 12.4. The molecule has 6 heteroatoms. The van der Waals surface area contributed by atoms with Gasteiger partial charge in [-0.25, -0.2) is 15.0 Å². The summed E-state index contributed by atoms with van der Waals surface area (Å²) >= 11 is 1.71. The number of piperidine rings is 1. The first-order valence-corrected chi connectivity index (χ1v) is 7.88. The monoisotopic (exact) mass is 289 g/mol. The number of nitrogens with one attached hydrogen (secondary N) is 1. The Balaban J connectivity index is 1.51. The van der Waals surface area contributed by atoms with Crippen LogP contribution in [0.1, 0.15) is 30.8 Å². The molecule has 2 aromatic rings. The Morgan fingerprint density at radius 3 is 2.60 bits per heavy atom. The van der Waals surface area contributed by atoms with Gasteiger partial charge in [0.2, 0.25) is 5.95 Å². The van der Waals surface area contributed by atoms with Crippen LogP contribution < -0.4 is 10.2 Å². The molecular weight excluding hydrogens is 270 g/mol. The molecule has 1 aliphatic heterocycles. The molecule has 0 saturated carbocycles. The largest absolute Gasteiger partial charge is 0.341 e. The maximum atomic E-state index is 4.37. The lowest BCUT2D eigenvalue weighted by atomic mass is 10.0. The van der Waals surface area contributed by atoms with Crippen LogP contribution in [-0.2, 0) is 0 Å². The smallest absolute Gasteiger partial charge is 0.225 e. The second kappa shape index (κ2) is 6.28. The minimum atomic E-state index is 0.333. The fourth-order valence-electron chi connectivity index (χ4n) is 2.57. The first-order chi connectivity index (χ1) is 9.83. The Bertz CT molecular complexity index is 508. The molecule has 0 amide bonds. The molecule has 1 fully saturated rings. The summed E-state index contributed by atoms with van der Waals surface area (Å²) in [4.78, 5) is 15.3. The molecule has 2 aromatic heterocycles. The van der Waals surface area contributed by atoms with Crippen LogP contribution in [0.2, 0.25) is 0 Å². The average Bonchev–Trinajstić information content (AvgIpc) is 3.03. The molecule has 20 heavy (non-hydrogen) atoms. The van der Waals surface area contributed by atoms with Crippen molar-refractivity contribution < 1.29 is 0 Å². The van der Waals surface area contributed by atoms with E-state index in [0.717, 1.165) is 31.9 Å². The van der Waals surface area contributed by atoms with Crippen molar-refractivity contribution in [3.63, 3.8) is 0 Å². The molecule has 1 atom stereocenters. The van der Waals surface area contributed by atoms with Gasteiger partial charge in [0.25, 0.3) is 0 Å². The van der Waals surface area contributed by atoms with Gasteiger partial charge in [-0.05, 0) is 25.8 Å². The number of rotatable bonds is 4. The SMILES string of the molecule is CC(NC1CCN(c2ncccn2)CC1)c1nccs1. The van der Waals surface area contributed by atoms with E-state index in [2.05, 4.69) is 32.1 Å². The molecule has 0 bridgehead atoms. The molecular formula is C14H19N5S. The third-order valence-electron chi connectivity index (χ3n) is 3.64. The van der Waals surface area contributed by atoms with Gasteiger partial charge in [-0.1, -0.05) is 0 Å². The first kappa shape index (κ1) is 13.5. The van der Waals surface area contributed by atoms with Crippen molar-refractivity contribution in [2.75, 3.05) is 18.0 Å². The molecule has 0 radical (unpaired) electrons. The van der Waals surface area contributed by atoms with E-state index < -0.39 is 0 Å². The van der Waals surface area contributed by atoms with Gasteiger partial charge in [0.05, 0.1) is 6.04 Å². The number of anilines is 1. The van der Waals surface area contributed by atoms with E-state index in [0.29, 0.717) is 12.1 Å². The van der Waals surface area contributed by atoms with Crippen molar-refractivity contribution in [3.05, 3.63) is 35.0 Å². The zero-order chi connectivity index (χ0) is 13.8. The molecule has 0 aliphatic carbocycles.